The van der Waals surface area contributed by atoms with E-state index in [-0.39, 0.29) is 5.54 Å². The topological polar surface area (TPSA) is 29.3 Å². The molecule has 0 aliphatic heterocycles. The third-order valence-corrected chi connectivity index (χ3v) is 3.75. The van der Waals surface area contributed by atoms with E-state index in [2.05, 4.69) is 25.7 Å². The molecule has 1 atom stereocenters. The highest BCUT2D eigenvalue weighted by Gasteiger charge is 2.28. The van der Waals surface area contributed by atoms with Crippen molar-refractivity contribution in [2.75, 3.05) is 13.1 Å². The van der Waals surface area contributed by atoms with Crippen LogP contribution in [0.1, 0.15) is 39.2 Å². The predicted octanol–water partition coefficient (Wildman–Crippen LogP) is 3.30. The fourth-order valence-corrected chi connectivity index (χ4v) is 2.23. The van der Waals surface area contributed by atoms with Gasteiger partial charge in [0.2, 0.25) is 0 Å². The van der Waals surface area contributed by atoms with Crippen LogP contribution < -0.4 is 5.73 Å². The molecule has 1 unspecified atom stereocenters. The molecule has 0 amide bonds. The first-order valence-electron chi connectivity index (χ1n) is 6.85. The number of halogens is 2. The number of benzene rings is 1. The molecule has 4 heteroatoms. The molecule has 108 valence electrons. The minimum absolute atomic E-state index is 0.140. The van der Waals surface area contributed by atoms with Crippen LogP contribution in [-0.2, 0) is 6.54 Å². The van der Waals surface area contributed by atoms with Crippen LogP contribution in [-0.4, -0.2) is 23.5 Å². The first-order valence-corrected chi connectivity index (χ1v) is 6.85. The minimum Gasteiger partial charge on any atom is -0.329 e. The second-order valence-corrected chi connectivity index (χ2v) is 5.25. The van der Waals surface area contributed by atoms with Crippen molar-refractivity contribution in [2.24, 2.45) is 5.73 Å². The van der Waals surface area contributed by atoms with Gasteiger partial charge in [-0.05, 0) is 44.0 Å². The molecule has 2 N–H and O–H groups in total. The summed E-state index contributed by atoms with van der Waals surface area (Å²) in [5.41, 5.74) is 6.38. The molecular weight excluding hydrogens is 246 g/mol. The third-order valence-electron chi connectivity index (χ3n) is 3.75. The molecule has 0 bridgehead atoms. The smallest absolute Gasteiger partial charge is 0.126 e. The largest absolute Gasteiger partial charge is 0.329 e. The Kier molecular flexibility index (Phi) is 5.88. The molecule has 1 aromatic rings. The minimum atomic E-state index is -0.530. The summed E-state index contributed by atoms with van der Waals surface area (Å²) in [4.78, 5) is 2.21. The average Bonchev–Trinajstić information content (AvgIpc) is 2.36. The van der Waals surface area contributed by atoms with E-state index in [4.69, 9.17) is 5.73 Å². The van der Waals surface area contributed by atoms with Gasteiger partial charge in [0.25, 0.3) is 0 Å². The van der Waals surface area contributed by atoms with E-state index in [1.165, 1.54) is 12.1 Å². The maximum atomic E-state index is 13.2. The van der Waals surface area contributed by atoms with Crippen LogP contribution >= 0.6 is 0 Å². The molecule has 0 saturated carbocycles. The zero-order chi connectivity index (χ0) is 14.5. The highest BCUT2D eigenvalue weighted by atomic mass is 19.1. The van der Waals surface area contributed by atoms with Gasteiger partial charge >= 0.3 is 0 Å². The van der Waals surface area contributed by atoms with Crippen molar-refractivity contribution in [1.82, 2.24) is 4.90 Å². The molecule has 0 aliphatic rings. The van der Waals surface area contributed by atoms with Crippen LogP contribution in [0.4, 0.5) is 8.78 Å². The van der Waals surface area contributed by atoms with Crippen LogP contribution in [0, 0.1) is 11.6 Å². The van der Waals surface area contributed by atoms with Crippen LogP contribution in [0.25, 0.3) is 0 Å². The number of nitrogens with zero attached hydrogens (tertiary/aromatic N) is 1. The van der Waals surface area contributed by atoms with Crippen molar-refractivity contribution < 1.29 is 8.78 Å². The van der Waals surface area contributed by atoms with E-state index in [0.29, 0.717) is 18.7 Å². The average molecular weight is 270 g/mol. The van der Waals surface area contributed by atoms with Crippen molar-refractivity contribution >= 4 is 0 Å². The SMILES string of the molecule is CCCN(Cc1cc(F)cc(F)c1)C(C)(CC)CN. The zero-order valence-electron chi connectivity index (χ0n) is 12.0. The Morgan fingerprint density at radius 1 is 1.16 bits per heavy atom. The van der Waals surface area contributed by atoms with E-state index in [1.807, 2.05) is 0 Å². The molecule has 19 heavy (non-hydrogen) atoms. The third kappa shape index (κ3) is 4.25. The maximum absolute atomic E-state index is 13.2. The second-order valence-electron chi connectivity index (χ2n) is 5.25. The predicted molar refractivity (Wildman–Crippen MR) is 74.8 cm³/mol. The Bertz CT molecular complexity index is 383. The normalized spacial score (nSPS) is 14.7. The van der Waals surface area contributed by atoms with E-state index in [9.17, 15) is 8.78 Å². The molecule has 1 rings (SSSR count). The van der Waals surface area contributed by atoms with Gasteiger partial charge in [0.15, 0.2) is 0 Å². The van der Waals surface area contributed by atoms with Crippen molar-refractivity contribution in [3.8, 4) is 0 Å². The number of nitrogens with two attached hydrogens (primary N) is 1. The molecule has 2 nitrogen and oxygen atoms in total. The molecule has 0 saturated heterocycles. The first-order chi connectivity index (χ1) is 8.95. The Morgan fingerprint density at radius 3 is 2.16 bits per heavy atom. The van der Waals surface area contributed by atoms with Crippen LogP contribution in [0.2, 0.25) is 0 Å². The molecule has 0 aromatic heterocycles. The summed E-state index contributed by atoms with van der Waals surface area (Å²) in [6.07, 6.45) is 1.88. The lowest BCUT2D eigenvalue weighted by Crippen LogP contribution is -2.51. The summed E-state index contributed by atoms with van der Waals surface area (Å²) in [6.45, 7) is 8.18. The van der Waals surface area contributed by atoms with Crippen molar-refractivity contribution in [1.29, 1.82) is 0 Å². The first kappa shape index (κ1) is 16.1. The number of hydrogen-bond acceptors (Lipinski definition) is 2. The second kappa shape index (κ2) is 6.96. The van der Waals surface area contributed by atoms with Crippen molar-refractivity contribution in [3.63, 3.8) is 0 Å². The summed E-state index contributed by atoms with van der Waals surface area (Å²) in [5, 5.41) is 0. The van der Waals surface area contributed by atoms with Crippen molar-refractivity contribution in [2.45, 2.75) is 45.7 Å². The van der Waals surface area contributed by atoms with Gasteiger partial charge in [-0.2, -0.15) is 0 Å². The summed E-state index contributed by atoms with van der Waals surface area (Å²) < 4.78 is 26.5. The van der Waals surface area contributed by atoms with Crippen LogP contribution in [0.15, 0.2) is 18.2 Å². The van der Waals surface area contributed by atoms with Gasteiger partial charge in [-0.15, -0.1) is 0 Å². The molecule has 0 radical (unpaired) electrons. The zero-order valence-corrected chi connectivity index (χ0v) is 12.0. The van der Waals surface area contributed by atoms with E-state index < -0.39 is 11.6 Å². The number of rotatable bonds is 7. The molecule has 1 aromatic carbocycles. The standard InChI is InChI=1S/C15H24F2N2/c1-4-6-19(15(3,5-2)11-18)10-12-7-13(16)9-14(17)8-12/h7-9H,4-6,10-11,18H2,1-3H3. The molecular formula is C15H24F2N2. The van der Waals surface area contributed by atoms with E-state index in [1.54, 1.807) is 0 Å². The maximum Gasteiger partial charge on any atom is 0.126 e. The summed E-state index contributed by atoms with van der Waals surface area (Å²) >= 11 is 0. The van der Waals surface area contributed by atoms with Crippen molar-refractivity contribution in [3.05, 3.63) is 35.4 Å². The highest BCUT2D eigenvalue weighted by molar-refractivity contribution is 5.18. The highest BCUT2D eigenvalue weighted by Crippen LogP contribution is 2.22. The molecule has 0 fully saturated rings. The fraction of sp³-hybridized carbons (Fsp3) is 0.600. The lowest BCUT2D eigenvalue weighted by Gasteiger charge is -2.40. The van der Waals surface area contributed by atoms with E-state index in [0.717, 1.165) is 25.5 Å². The monoisotopic (exact) mass is 270 g/mol. The van der Waals surface area contributed by atoms with Crippen LogP contribution in [0.3, 0.4) is 0 Å². The van der Waals surface area contributed by atoms with Gasteiger partial charge in [-0.1, -0.05) is 13.8 Å². The Balaban J connectivity index is 2.94. The lowest BCUT2D eigenvalue weighted by atomic mass is 9.95. The van der Waals surface area contributed by atoms with Gasteiger partial charge in [0, 0.05) is 24.7 Å². The Hall–Kier alpha value is -1.00. The summed E-state index contributed by atoms with van der Waals surface area (Å²) in [6, 6.07) is 3.67. The molecule has 0 aliphatic carbocycles. The quantitative estimate of drug-likeness (QED) is 0.823. The molecule has 0 spiro atoms. The number of hydrogen-bond donors (Lipinski definition) is 1. The summed E-state index contributed by atoms with van der Waals surface area (Å²) in [7, 11) is 0. The fourth-order valence-electron chi connectivity index (χ4n) is 2.23. The Morgan fingerprint density at radius 2 is 1.74 bits per heavy atom. The van der Waals surface area contributed by atoms with Gasteiger partial charge in [0.1, 0.15) is 11.6 Å². The summed E-state index contributed by atoms with van der Waals surface area (Å²) in [5.74, 6) is -1.06. The van der Waals surface area contributed by atoms with Gasteiger partial charge in [-0.25, -0.2) is 8.78 Å². The van der Waals surface area contributed by atoms with Crippen LogP contribution in [0.5, 0.6) is 0 Å². The molecule has 0 heterocycles. The van der Waals surface area contributed by atoms with Gasteiger partial charge in [0.05, 0.1) is 0 Å². The van der Waals surface area contributed by atoms with E-state index >= 15 is 0 Å². The lowest BCUT2D eigenvalue weighted by molar-refractivity contribution is 0.0970. The Labute approximate surface area is 114 Å². The van der Waals surface area contributed by atoms with Gasteiger partial charge < -0.3 is 5.73 Å². The van der Waals surface area contributed by atoms with Gasteiger partial charge in [-0.3, -0.25) is 4.90 Å².